The lowest BCUT2D eigenvalue weighted by Crippen LogP contribution is -2.20. The van der Waals surface area contributed by atoms with Crippen molar-refractivity contribution in [1.82, 2.24) is 4.98 Å². The summed E-state index contributed by atoms with van der Waals surface area (Å²) in [5.41, 5.74) is -1.86. The topological polar surface area (TPSA) is 68.7 Å². The highest BCUT2D eigenvalue weighted by Gasteiger charge is 2.34. The summed E-state index contributed by atoms with van der Waals surface area (Å²) in [4.78, 5) is 14.4. The molecule has 1 aromatic heterocycles. The first-order valence-electron chi connectivity index (χ1n) is 5.56. The van der Waals surface area contributed by atoms with Gasteiger partial charge in [-0.05, 0) is 6.92 Å². The summed E-state index contributed by atoms with van der Waals surface area (Å²) in [7, 11) is 0. The highest BCUT2D eigenvalue weighted by molar-refractivity contribution is 5.73. The molecule has 1 aromatic rings. The van der Waals surface area contributed by atoms with E-state index in [1.165, 1.54) is 6.92 Å². The molecule has 0 aliphatic carbocycles. The summed E-state index contributed by atoms with van der Waals surface area (Å²) in [6, 6.07) is 0.330. The molecule has 21 heavy (non-hydrogen) atoms. The molecule has 1 N–H and O–H groups in total. The van der Waals surface area contributed by atoms with Crippen molar-refractivity contribution >= 4 is 5.97 Å². The van der Waals surface area contributed by atoms with Crippen LogP contribution in [0.1, 0.15) is 24.7 Å². The number of rotatable bonds is 5. The van der Waals surface area contributed by atoms with Gasteiger partial charge >= 0.3 is 12.3 Å². The van der Waals surface area contributed by atoms with Crippen LogP contribution >= 0.6 is 0 Å². The lowest BCUT2D eigenvalue weighted by molar-refractivity contribution is -0.275. The number of carbonyl (C=O) groups excluding carboxylic acids is 1. The second kappa shape index (κ2) is 6.55. The van der Waals surface area contributed by atoms with Crippen molar-refractivity contribution in [3.8, 4) is 11.5 Å². The lowest BCUT2D eigenvalue weighted by Gasteiger charge is -2.14. The third-order valence-corrected chi connectivity index (χ3v) is 2.12. The summed E-state index contributed by atoms with van der Waals surface area (Å²) in [6.07, 6.45) is -9.17. The molecule has 0 radical (unpaired) electrons. The molecule has 1 rings (SSSR count). The van der Waals surface area contributed by atoms with Crippen LogP contribution in [0.2, 0.25) is 0 Å². The van der Waals surface area contributed by atoms with Crippen LogP contribution in [0.5, 0.6) is 11.5 Å². The van der Waals surface area contributed by atoms with Crippen LogP contribution < -0.4 is 4.74 Å². The minimum absolute atomic E-state index is 0.0475. The largest absolute Gasteiger partial charge is 0.573 e. The highest BCUT2D eigenvalue weighted by Crippen LogP contribution is 2.34. The van der Waals surface area contributed by atoms with Crippen LogP contribution in [0.3, 0.4) is 0 Å². The van der Waals surface area contributed by atoms with Crippen molar-refractivity contribution in [3.63, 3.8) is 0 Å². The summed E-state index contributed by atoms with van der Waals surface area (Å²) in [5.74, 6) is -3.18. The maximum Gasteiger partial charge on any atom is 0.573 e. The number of halogens is 5. The Morgan fingerprint density at radius 2 is 2.05 bits per heavy atom. The van der Waals surface area contributed by atoms with E-state index in [9.17, 15) is 31.9 Å². The van der Waals surface area contributed by atoms with Crippen LogP contribution in [-0.4, -0.2) is 29.0 Å². The van der Waals surface area contributed by atoms with Gasteiger partial charge < -0.3 is 14.6 Å². The number of esters is 1. The van der Waals surface area contributed by atoms with E-state index in [4.69, 9.17) is 0 Å². The van der Waals surface area contributed by atoms with E-state index in [1.807, 2.05) is 0 Å². The molecule has 0 atom stereocenters. The van der Waals surface area contributed by atoms with Gasteiger partial charge in [0.05, 0.1) is 18.7 Å². The molecule has 0 amide bonds. The third kappa shape index (κ3) is 5.04. The number of hydrogen-bond acceptors (Lipinski definition) is 5. The van der Waals surface area contributed by atoms with Crippen molar-refractivity contribution < 1.29 is 41.3 Å². The van der Waals surface area contributed by atoms with E-state index in [0.29, 0.717) is 6.07 Å². The molecule has 1 heterocycles. The zero-order valence-electron chi connectivity index (χ0n) is 10.6. The van der Waals surface area contributed by atoms with Gasteiger partial charge in [0.15, 0.2) is 5.75 Å². The van der Waals surface area contributed by atoms with Crippen LogP contribution in [0, 0.1) is 0 Å². The monoisotopic (exact) mass is 315 g/mol. The molecular formula is C11H10F5NO4. The molecule has 10 heteroatoms. The summed E-state index contributed by atoms with van der Waals surface area (Å²) in [6.45, 7) is 1.41. The van der Waals surface area contributed by atoms with Crippen molar-refractivity contribution in [3.05, 3.63) is 17.5 Å². The number of aromatic nitrogens is 1. The van der Waals surface area contributed by atoms with Gasteiger partial charge in [-0.1, -0.05) is 0 Å². The van der Waals surface area contributed by atoms with E-state index in [0.717, 1.165) is 0 Å². The molecule has 0 aromatic carbocycles. The Balaban J connectivity index is 3.20. The second-order valence-corrected chi connectivity index (χ2v) is 3.67. The summed E-state index contributed by atoms with van der Waals surface area (Å²) >= 11 is 0. The predicted molar refractivity (Wildman–Crippen MR) is 57.9 cm³/mol. The number of pyridine rings is 1. The maximum atomic E-state index is 12.6. The fourth-order valence-electron chi connectivity index (χ4n) is 1.39. The Kier molecular flexibility index (Phi) is 5.28. The number of aromatic hydroxyl groups is 1. The Bertz CT molecular complexity index is 518. The van der Waals surface area contributed by atoms with Gasteiger partial charge in [-0.15, -0.1) is 13.2 Å². The average molecular weight is 315 g/mol. The Morgan fingerprint density at radius 3 is 2.52 bits per heavy atom. The lowest BCUT2D eigenvalue weighted by atomic mass is 10.2. The minimum atomic E-state index is -5.14. The molecule has 0 fully saturated rings. The van der Waals surface area contributed by atoms with Crippen LogP contribution in [0.15, 0.2) is 6.07 Å². The fraction of sp³-hybridized carbons (Fsp3) is 0.455. The Labute approximate surface area is 115 Å². The molecule has 5 nitrogen and oxygen atoms in total. The Hall–Kier alpha value is -2.13. The van der Waals surface area contributed by atoms with E-state index in [1.54, 1.807) is 0 Å². The predicted octanol–water partition coefficient (Wildman–Crippen LogP) is 2.73. The van der Waals surface area contributed by atoms with Crippen molar-refractivity contribution in [1.29, 1.82) is 0 Å². The van der Waals surface area contributed by atoms with E-state index in [2.05, 4.69) is 14.5 Å². The molecule has 0 saturated carbocycles. The fourth-order valence-corrected chi connectivity index (χ4v) is 1.39. The third-order valence-electron chi connectivity index (χ3n) is 2.12. The number of hydrogen-bond donors (Lipinski definition) is 1. The van der Waals surface area contributed by atoms with Gasteiger partial charge in [0.2, 0.25) is 0 Å². The van der Waals surface area contributed by atoms with Gasteiger partial charge in [0.1, 0.15) is 11.4 Å². The normalized spacial score (nSPS) is 11.6. The Morgan fingerprint density at radius 1 is 1.43 bits per heavy atom. The number of carbonyl (C=O) groups is 1. The number of nitrogens with zero attached hydrogens (tertiary/aromatic N) is 1. The van der Waals surface area contributed by atoms with Crippen molar-refractivity contribution in [2.45, 2.75) is 26.1 Å². The number of ether oxygens (including phenoxy) is 2. The van der Waals surface area contributed by atoms with Gasteiger partial charge in [-0.25, -0.2) is 13.8 Å². The van der Waals surface area contributed by atoms with Crippen molar-refractivity contribution in [2.24, 2.45) is 0 Å². The van der Waals surface area contributed by atoms with E-state index < -0.39 is 48.1 Å². The molecule has 0 saturated heterocycles. The maximum absolute atomic E-state index is 12.6. The van der Waals surface area contributed by atoms with E-state index >= 15 is 0 Å². The van der Waals surface area contributed by atoms with Gasteiger partial charge in [-0.3, -0.25) is 4.79 Å². The van der Waals surface area contributed by atoms with Crippen molar-refractivity contribution in [2.75, 3.05) is 6.61 Å². The van der Waals surface area contributed by atoms with Crippen LogP contribution in [0.25, 0.3) is 0 Å². The summed E-state index contributed by atoms with van der Waals surface area (Å²) < 4.78 is 69.8. The minimum Gasteiger partial charge on any atom is -0.506 e. The molecular weight excluding hydrogens is 305 g/mol. The van der Waals surface area contributed by atoms with Crippen LogP contribution in [0.4, 0.5) is 22.0 Å². The molecule has 0 aliphatic heterocycles. The SMILES string of the molecule is CCOC(=O)Cc1nc(C(F)F)c(O)cc1OC(F)(F)F. The summed E-state index contributed by atoms with van der Waals surface area (Å²) in [5, 5.41) is 9.21. The standard InChI is InChI=1S/C11H10F5NO4/c1-2-20-8(19)3-5-7(21-11(14,15)16)4-6(18)9(17-5)10(12)13/h4,10,18H,2-3H2,1H3. The quantitative estimate of drug-likeness (QED) is 0.668. The molecule has 0 bridgehead atoms. The molecule has 118 valence electrons. The average Bonchev–Trinajstić information content (AvgIpc) is 2.30. The first kappa shape index (κ1) is 16.9. The zero-order valence-corrected chi connectivity index (χ0v) is 10.6. The number of alkyl halides is 5. The van der Waals surface area contributed by atoms with Gasteiger partial charge in [0, 0.05) is 6.07 Å². The first-order valence-corrected chi connectivity index (χ1v) is 5.56. The zero-order chi connectivity index (χ0) is 16.2. The van der Waals surface area contributed by atoms with Crippen LogP contribution in [-0.2, 0) is 16.0 Å². The highest BCUT2D eigenvalue weighted by atomic mass is 19.4. The smallest absolute Gasteiger partial charge is 0.506 e. The van der Waals surface area contributed by atoms with Gasteiger partial charge in [0.25, 0.3) is 6.43 Å². The van der Waals surface area contributed by atoms with E-state index in [-0.39, 0.29) is 6.61 Å². The molecule has 0 aliphatic rings. The molecule has 0 spiro atoms. The second-order valence-electron chi connectivity index (χ2n) is 3.67. The van der Waals surface area contributed by atoms with Gasteiger partial charge in [-0.2, -0.15) is 0 Å². The first-order chi connectivity index (χ1) is 9.64. The molecule has 0 unspecified atom stereocenters.